The molecule has 0 aliphatic heterocycles. The highest BCUT2D eigenvalue weighted by Gasteiger charge is 2.36. The third-order valence-electron chi connectivity index (χ3n) is 4.35. The number of H-pyrrole nitrogens is 1. The average molecular weight is 318 g/mol. The van der Waals surface area contributed by atoms with E-state index in [-0.39, 0.29) is 5.91 Å². The molecule has 2 aromatic rings. The first-order chi connectivity index (χ1) is 10.5. The highest BCUT2D eigenvalue weighted by Crippen LogP contribution is 2.31. The number of benzene rings is 1. The molecule has 5 nitrogen and oxygen atoms in total. The van der Waals surface area contributed by atoms with E-state index >= 15 is 0 Å². The van der Waals surface area contributed by atoms with Crippen LogP contribution < -0.4 is 5.32 Å². The molecule has 0 spiro atoms. The molecular weight excluding hydrogens is 296 g/mol. The van der Waals surface area contributed by atoms with Crippen LogP contribution in [-0.4, -0.2) is 20.7 Å². The van der Waals surface area contributed by atoms with Gasteiger partial charge in [0.05, 0.1) is 12.0 Å². The lowest BCUT2D eigenvalue weighted by Crippen LogP contribution is -2.43. The van der Waals surface area contributed by atoms with E-state index in [0.717, 1.165) is 18.4 Å². The van der Waals surface area contributed by atoms with Crippen molar-refractivity contribution in [2.45, 2.75) is 38.6 Å². The number of hydrogen-bond acceptors (Lipinski definition) is 3. The molecule has 1 heterocycles. The van der Waals surface area contributed by atoms with Crippen molar-refractivity contribution in [1.82, 2.24) is 20.1 Å². The summed E-state index contributed by atoms with van der Waals surface area (Å²) < 4.78 is 2.31. The van der Waals surface area contributed by atoms with Crippen LogP contribution in [0.5, 0.6) is 0 Å². The van der Waals surface area contributed by atoms with Crippen LogP contribution in [0, 0.1) is 4.77 Å². The Bertz CT molecular complexity index is 686. The highest BCUT2D eigenvalue weighted by molar-refractivity contribution is 7.71. The van der Waals surface area contributed by atoms with Crippen molar-refractivity contribution in [2.24, 2.45) is 7.05 Å². The maximum Gasteiger partial charge on any atom is 0.231 e. The standard InChI is InChI=1S/C16H22N4OS/c1-4-16(5-2,12-9-7-6-8-10-12)14(21)17-11-13-18-19-15(22)20(13)3/h6-10H,4-5,11H2,1-3H3,(H,17,21)(H,19,22). The van der Waals surface area contributed by atoms with E-state index in [1.165, 1.54) is 0 Å². The second-order valence-corrected chi connectivity index (χ2v) is 5.73. The van der Waals surface area contributed by atoms with Crippen molar-refractivity contribution in [3.05, 3.63) is 46.5 Å². The number of aromatic amines is 1. The van der Waals surface area contributed by atoms with Crippen molar-refractivity contribution in [3.8, 4) is 0 Å². The fraction of sp³-hybridized carbons (Fsp3) is 0.438. The van der Waals surface area contributed by atoms with Gasteiger partial charge in [-0.3, -0.25) is 9.89 Å². The molecule has 22 heavy (non-hydrogen) atoms. The van der Waals surface area contributed by atoms with Crippen LogP contribution in [0.1, 0.15) is 38.1 Å². The minimum Gasteiger partial charge on any atom is -0.348 e. The van der Waals surface area contributed by atoms with Crippen molar-refractivity contribution >= 4 is 18.1 Å². The second kappa shape index (κ2) is 6.87. The number of nitrogens with one attached hydrogen (secondary N) is 2. The lowest BCUT2D eigenvalue weighted by atomic mass is 9.75. The second-order valence-electron chi connectivity index (χ2n) is 5.34. The molecule has 0 unspecified atom stereocenters. The fourth-order valence-electron chi connectivity index (χ4n) is 2.73. The van der Waals surface area contributed by atoms with Gasteiger partial charge in [0.25, 0.3) is 0 Å². The predicted octanol–water partition coefficient (Wildman–Crippen LogP) is 2.85. The molecule has 2 N–H and O–H groups in total. The molecule has 1 aromatic carbocycles. The minimum absolute atomic E-state index is 0.0256. The van der Waals surface area contributed by atoms with E-state index in [9.17, 15) is 4.79 Å². The molecule has 1 aromatic heterocycles. The monoisotopic (exact) mass is 318 g/mol. The molecule has 1 amide bonds. The van der Waals surface area contributed by atoms with Crippen molar-refractivity contribution < 1.29 is 4.79 Å². The largest absolute Gasteiger partial charge is 0.348 e. The summed E-state index contributed by atoms with van der Waals surface area (Å²) in [6.45, 7) is 4.45. The molecule has 0 saturated heterocycles. The number of nitrogens with zero attached hydrogens (tertiary/aromatic N) is 2. The molecule has 0 bridgehead atoms. The maximum atomic E-state index is 12.8. The molecule has 118 valence electrons. The van der Waals surface area contributed by atoms with E-state index in [1.807, 2.05) is 51.2 Å². The Labute approximate surface area is 135 Å². The third-order valence-corrected chi connectivity index (χ3v) is 4.71. The Hall–Kier alpha value is -1.95. The van der Waals surface area contributed by atoms with Crippen LogP contribution in [-0.2, 0) is 23.8 Å². The Balaban J connectivity index is 2.20. The Morgan fingerprint density at radius 3 is 2.45 bits per heavy atom. The average Bonchev–Trinajstić information content (AvgIpc) is 2.87. The molecule has 0 atom stereocenters. The van der Waals surface area contributed by atoms with Crippen LogP contribution in [0.4, 0.5) is 0 Å². The summed E-state index contributed by atoms with van der Waals surface area (Å²) in [5.74, 6) is 0.741. The summed E-state index contributed by atoms with van der Waals surface area (Å²) in [7, 11) is 1.83. The molecule has 0 aliphatic rings. The van der Waals surface area contributed by atoms with Gasteiger partial charge in [-0.25, -0.2) is 0 Å². The summed E-state index contributed by atoms with van der Waals surface area (Å²) in [4.78, 5) is 12.8. The van der Waals surface area contributed by atoms with Crippen molar-refractivity contribution in [1.29, 1.82) is 0 Å². The van der Waals surface area contributed by atoms with Gasteiger partial charge in [-0.1, -0.05) is 44.2 Å². The van der Waals surface area contributed by atoms with Crippen LogP contribution >= 0.6 is 12.2 Å². The zero-order valence-electron chi connectivity index (χ0n) is 13.2. The van der Waals surface area contributed by atoms with Crippen LogP contribution in [0.3, 0.4) is 0 Å². The first-order valence-electron chi connectivity index (χ1n) is 7.49. The number of rotatable bonds is 6. The third kappa shape index (κ3) is 2.97. The predicted molar refractivity (Wildman–Crippen MR) is 88.9 cm³/mol. The van der Waals surface area contributed by atoms with Gasteiger partial charge in [-0.2, -0.15) is 5.10 Å². The van der Waals surface area contributed by atoms with Gasteiger partial charge in [-0.05, 0) is 30.6 Å². The van der Waals surface area contributed by atoms with Crippen LogP contribution in [0.2, 0.25) is 0 Å². The number of amides is 1. The topological polar surface area (TPSA) is 62.7 Å². The number of hydrogen-bond donors (Lipinski definition) is 2. The molecule has 0 fully saturated rings. The van der Waals surface area contributed by atoms with Gasteiger partial charge >= 0.3 is 0 Å². The number of aromatic nitrogens is 3. The summed E-state index contributed by atoms with van der Waals surface area (Å²) in [5.41, 5.74) is 0.542. The summed E-state index contributed by atoms with van der Waals surface area (Å²) in [5, 5.41) is 9.85. The van der Waals surface area contributed by atoms with Crippen LogP contribution in [0.25, 0.3) is 0 Å². The van der Waals surface area contributed by atoms with E-state index in [0.29, 0.717) is 17.1 Å². The summed E-state index contributed by atoms with van der Waals surface area (Å²) in [6.07, 6.45) is 1.50. The lowest BCUT2D eigenvalue weighted by molar-refractivity contribution is -0.127. The van der Waals surface area contributed by atoms with E-state index < -0.39 is 5.41 Å². The number of carbonyl (C=O) groups excluding carboxylic acids is 1. The van der Waals surface area contributed by atoms with Gasteiger partial charge in [-0.15, -0.1) is 0 Å². The van der Waals surface area contributed by atoms with E-state index in [2.05, 4.69) is 15.5 Å². The molecule has 0 aliphatic carbocycles. The van der Waals surface area contributed by atoms with Gasteiger partial charge in [0.1, 0.15) is 0 Å². The van der Waals surface area contributed by atoms with Gasteiger partial charge in [0, 0.05) is 7.05 Å². The van der Waals surface area contributed by atoms with E-state index in [1.54, 1.807) is 4.57 Å². The van der Waals surface area contributed by atoms with E-state index in [4.69, 9.17) is 12.2 Å². The molecule has 6 heteroatoms. The first-order valence-corrected chi connectivity index (χ1v) is 7.90. The smallest absolute Gasteiger partial charge is 0.231 e. The maximum absolute atomic E-state index is 12.8. The highest BCUT2D eigenvalue weighted by atomic mass is 32.1. The van der Waals surface area contributed by atoms with Gasteiger partial charge in [0.2, 0.25) is 5.91 Å². The Morgan fingerprint density at radius 1 is 1.32 bits per heavy atom. The van der Waals surface area contributed by atoms with Gasteiger partial charge in [0.15, 0.2) is 10.6 Å². The van der Waals surface area contributed by atoms with Crippen LogP contribution in [0.15, 0.2) is 30.3 Å². The normalized spacial score (nSPS) is 11.4. The fourth-order valence-corrected chi connectivity index (χ4v) is 2.88. The molecular formula is C16H22N4OS. The Kier molecular flexibility index (Phi) is 5.13. The quantitative estimate of drug-likeness (QED) is 0.805. The number of carbonyl (C=O) groups is 1. The lowest BCUT2D eigenvalue weighted by Gasteiger charge is -2.30. The van der Waals surface area contributed by atoms with Crippen molar-refractivity contribution in [2.75, 3.05) is 0 Å². The van der Waals surface area contributed by atoms with Gasteiger partial charge < -0.3 is 9.88 Å². The minimum atomic E-state index is -0.507. The van der Waals surface area contributed by atoms with Crippen molar-refractivity contribution in [3.63, 3.8) is 0 Å². The summed E-state index contributed by atoms with van der Waals surface area (Å²) >= 11 is 5.08. The summed E-state index contributed by atoms with van der Waals surface area (Å²) in [6, 6.07) is 9.94. The first kappa shape index (κ1) is 16.4. The molecule has 0 radical (unpaired) electrons. The zero-order chi connectivity index (χ0) is 16.2. The Morgan fingerprint density at radius 2 is 1.95 bits per heavy atom. The zero-order valence-corrected chi connectivity index (χ0v) is 14.0. The SMILES string of the molecule is CCC(CC)(C(=O)NCc1n[nH]c(=S)n1C)c1ccccc1. The molecule has 0 saturated carbocycles. The molecule has 2 rings (SSSR count).